The van der Waals surface area contributed by atoms with Crippen LogP contribution in [0.1, 0.15) is 40.9 Å². The second-order valence-corrected chi connectivity index (χ2v) is 7.08. The average Bonchev–Trinajstić information content (AvgIpc) is 2.93. The zero-order valence-electron chi connectivity index (χ0n) is 12.9. The quantitative estimate of drug-likeness (QED) is 0.848. The summed E-state index contributed by atoms with van der Waals surface area (Å²) < 4.78 is 4.80. The molecule has 1 aromatic heterocycles. The maximum atomic E-state index is 11.7. The van der Waals surface area contributed by atoms with Gasteiger partial charge in [0.2, 0.25) is 0 Å². The predicted octanol–water partition coefficient (Wildman–Crippen LogP) is 4.44. The molecule has 0 aliphatic rings. The number of nitrogens with one attached hydrogen (secondary N) is 1. The van der Waals surface area contributed by atoms with Gasteiger partial charge in [-0.05, 0) is 29.7 Å². The molecular formula is C17H21NO2S. The number of ether oxygens (including phenoxy) is 1. The summed E-state index contributed by atoms with van der Waals surface area (Å²) in [6.07, 6.45) is 0. The van der Waals surface area contributed by atoms with Crippen LogP contribution in [0, 0.1) is 0 Å². The first-order valence-corrected chi connectivity index (χ1v) is 7.74. The summed E-state index contributed by atoms with van der Waals surface area (Å²) in [5.74, 6) is -0.320. The van der Waals surface area contributed by atoms with E-state index in [2.05, 4.69) is 38.2 Å². The van der Waals surface area contributed by atoms with Crippen molar-refractivity contribution in [1.29, 1.82) is 0 Å². The Morgan fingerprint density at radius 1 is 1.19 bits per heavy atom. The fourth-order valence-corrected chi connectivity index (χ4v) is 2.99. The van der Waals surface area contributed by atoms with Crippen LogP contribution in [0.15, 0.2) is 36.4 Å². The molecule has 1 heterocycles. The zero-order chi connectivity index (χ0) is 15.5. The number of carbonyl (C=O) groups is 1. The van der Waals surface area contributed by atoms with Gasteiger partial charge in [0.05, 0.1) is 12.7 Å². The van der Waals surface area contributed by atoms with Crippen molar-refractivity contribution >= 4 is 23.0 Å². The molecule has 0 aliphatic carbocycles. The molecule has 0 aliphatic heterocycles. The molecule has 0 atom stereocenters. The summed E-state index contributed by atoms with van der Waals surface area (Å²) >= 11 is 1.80. The highest BCUT2D eigenvalue weighted by molar-refractivity contribution is 7.12. The highest BCUT2D eigenvalue weighted by atomic mass is 32.1. The van der Waals surface area contributed by atoms with Crippen LogP contribution in [-0.4, -0.2) is 13.1 Å². The molecule has 0 fully saturated rings. The van der Waals surface area contributed by atoms with Crippen molar-refractivity contribution in [3.05, 3.63) is 51.7 Å². The summed E-state index contributed by atoms with van der Waals surface area (Å²) in [5.41, 5.74) is 1.54. The molecule has 1 aromatic carbocycles. The second kappa shape index (κ2) is 6.31. The highest BCUT2D eigenvalue weighted by Crippen LogP contribution is 2.30. The fourth-order valence-electron chi connectivity index (χ4n) is 1.98. The third-order valence-corrected chi connectivity index (χ3v) is 4.70. The molecule has 0 radical (unpaired) electrons. The molecule has 112 valence electrons. The van der Waals surface area contributed by atoms with Crippen LogP contribution in [-0.2, 0) is 16.7 Å². The van der Waals surface area contributed by atoms with Gasteiger partial charge in [0.1, 0.15) is 0 Å². The van der Waals surface area contributed by atoms with E-state index >= 15 is 0 Å². The Morgan fingerprint density at radius 2 is 1.90 bits per heavy atom. The van der Waals surface area contributed by atoms with Crippen LogP contribution in [0.25, 0.3) is 0 Å². The van der Waals surface area contributed by atoms with Crippen molar-refractivity contribution in [2.75, 3.05) is 12.4 Å². The molecule has 0 unspecified atom stereocenters. The molecule has 2 aromatic rings. The second-order valence-electron chi connectivity index (χ2n) is 5.91. The molecule has 3 nitrogen and oxygen atoms in total. The van der Waals surface area contributed by atoms with Gasteiger partial charge < -0.3 is 10.1 Å². The first kappa shape index (κ1) is 15.6. The van der Waals surface area contributed by atoms with Crippen LogP contribution in [0.4, 0.5) is 5.69 Å². The summed E-state index contributed by atoms with van der Waals surface area (Å²) in [5, 5.41) is 3.32. The van der Waals surface area contributed by atoms with E-state index < -0.39 is 0 Å². The number of esters is 1. The van der Waals surface area contributed by atoms with Gasteiger partial charge in [-0.2, -0.15) is 0 Å². The van der Waals surface area contributed by atoms with Crippen molar-refractivity contribution < 1.29 is 9.53 Å². The lowest BCUT2D eigenvalue weighted by atomic mass is 9.95. The van der Waals surface area contributed by atoms with E-state index in [4.69, 9.17) is 4.74 Å². The van der Waals surface area contributed by atoms with Crippen molar-refractivity contribution in [3.63, 3.8) is 0 Å². The maximum absolute atomic E-state index is 11.7. The molecule has 0 amide bonds. The number of rotatable bonds is 4. The summed E-state index contributed by atoms with van der Waals surface area (Å²) in [6.45, 7) is 7.34. The van der Waals surface area contributed by atoms with Gasteiger partial charge in [-0.1, -0.05) is 32.9 Å². The molecule has 4 heteroatoms. The van der Waals surface area contributed by atoms with Gasteiger partial charge in [0, 0.05) is 22.0 Å². The van der Waals surface area contributed by atoms with Gasteiger partial charge >= 0.3 is 5.97 Å². The normalized spacial score (nSPS) is 11.2. The number of carbonyl (C=O) groups excluding carboxylic acids is 1. The van der Waals surface area contributed by atoms with Crippen LogP contribution >= 0.6 is 11.3 Å². The van der Waals surface area contributed by atoms with Crippen LogP contribution in [0.3, 0.4) is 0 Å². The van der Waals surface area contributed by atoms with Crippen molar-refractivity contribution in [2.45, 2.75) is 32.7 Å². The first-order valence-electron chi connectivity index (χ1n) is 6.92. The van der Waals surface area contributed by atoms with Gasteiger partial charge in [-0.25, -0.2) is 4.79 Å². The predicted molar refractivity (Wildman–Crippen MR) is 88.1 cm³/mol. The summed E-state index contributed by atoms with van der Waals surface area (Å²) in [4.78, 5) is 14.3. The van der Waals surface area contributed by atoms with Gasteiger partial charge in [0.25, 0.3) is 0 Å². The lowest BCUT2D eigenvalue weighted by Crippen LogP contribution is -2.08. The standard InChI is InChI=1S/C17H21NO2S/c1-17(2,3)15-10-9-12(21-15)11-18-14-8-6-5-7-13(14)16(19)20-4/h5-10,18H,11H2,1-4H3. The van der Waals surface area contributed by atoms with Crippen LogP contribution in [0.2, 0.25) is 0 Å². The minimum atomic E-state index is -0.320. The minimum Gasteiger partial charge on any atom is -0.465 e. The number of methoxy groups -OCH3 is 1. The number of hydrogen-bond donors (Lipinski definition) is 1. The zero-order valence-corrected chi connectivity index (χ0v) is 13.7. The Morgan fingerprint density at radius 3 is 2.52 bits per heavy atom. The van der Waals surface area contributed by atoms with Crippen LogP contribution < -0.4 is 5.32 Å². The van der Waals surface area contributed by atoms with E-state index in [1.807, 2.05) is 18.2 Å². The smallest absolute Gasteiger partial charge is 0.339 e. The van der Waals surface area contributed by atoms with E-state index in [9.17, 15) is 4.79 Å². The molecule has 0 spiro atoms. The molecule has 0 saturated carbocycles. The maximum Gasteiger partial charge on any atom is 0.339 e. The monoisotopic (exact) mass is 303 g/mol. The number of thiophene rings is 1. The number of benzene rings is 1. The Balaban J connectivity index is 2.10. The molecule has 0 saturated heterocycles. The largest absolute Gasteiger partial charge is 0.465 e. The van der Waals surface area contributed by atoms with Crippen molar-refractivity contribution in [1.82, 2.24) is 0 Å². The average molecular weight is 303 g/mol. The number of anilines is 1. The third kappa shape index (κ3) is 3.85. The topological polar surface area (TPSA) is 38.3 Å². The molecule has 1 N–H and O–H groups in total. The van der Waals surface area contributed by atoms with E-state index in [1.54, 1.807) is 17.4 Å². The number of para-hydroxylation sites is 1. The Kier molecular flexibility index (Phi) is 4.68. The van der Waals surface area contributed by atoms with E-state index in [0.717, 1.165) is 5.69 Å². The molecule has 0 bridgehead atoms. The molecular weight excluding hydrogens is 282 g/mol. The van der Waals surface area contributed by atoms with E-state index in [0.29, 0.717) is 12.1 Å². The van der Waals surface area contributed by atoms with Crippen LogP contribution in [0.5, 0.6) is 0 Å². The summed E-state index contributed by atoms with van der Waals surface area (Å²) in [6, 6.07) is 11.7. The Labute approximate surface area is 130 Å². The Bertz CT molecular complexity index is 626. The fraction of sp³-hybridized carbons (Fsp3) is 0.353. The lowest BCUT2D eigenvalue weighted by Gasteiger charge is -2.15. The SMILES string of the molecule is COC(=O)c1ccccc1NCc1ccc(C(C)(C)C)s1. The molecule has 21 heavy (non-hydrogen) atoms. The van der Waals surface area contributed by atoms with Gasteiger partial charge in [0.15, 0.2) is 0 Å². The summed E-state index contributed by atoms with van der Waals surface area (Å²) in [7, 11) is 1.40. The lowest BCUT2D eigenvalue weighted by molar-refractivity contribution is 0.0602. The van der Waals surface area contributed by atoms with Gasteiger partial charge in [-0.15, -0.1) is 11.3 Å². The van der Waals surface area contributed by atoms with Crippen molar-refractivity contribution in [3.8, 4) is 0 Å². The highest BCUT2D eigenvalue weighted by Gasteiger charge is 2.16. The van der Waals surface area contributed by atoms with Gasteiger partial charge in [-0.3, -0.25) is 0 Å². The third-order valence-electron chi connectivity index (χ3n) is 3.19. The van der Waals surface area contributed by atoms with E-state index in [-0.39, 0.29) is 11.4 Å². The first-order chi connectivity index (χ1) is 9.91. The molecule has 2 rings (SSSR count). The minimum absolute atomic E-state index is 0.173. The Hall–Kier alpha value is -1.81. The number of hydrogen-bond acceptors (Lipinski definition) is 4. The van der Waals surface area contributed by atoms with E-state index in [1.165, 1.54) is 16.9 Å². The van der Waals surface area contributed by atoms with Crippen molar-refractivity contribution in [2.24, 2.45) is 0 Å².